The molecule has 4 saturated heterocycles. The molecule has 4 fully saturated rings. The van der Waals surface area contributed by atoms with Crippen LogP contribution in [0.2, 0.25) is 0 Å². The molecule has 0 saturated carbocycles. The standard InChI is InChI=1S/2C8H16N6OS4/c2*16-7(11-13-5-1-3-9-13)18-15-19-8(17)12-14-6-2-4-10-14/h2*9-10H,1-6H2,(H,11,16)(H,12,17). The van der Waals surface area contributed by atoms with Crippen LogP contribution in [0.5, 0.6) is 0 Å². The molecule has 4 aliphatic heterocycles. The first kappa shape index (κ1) is 33.1. The Hall–Kier alpha value is 0.560. The largest absolute Gasteiger partial charge is 0.289 e. The van der Waals surface area contributed by atoms with Crippen LogP contribution < -0.4 is 43.4 Å². The van der Waals surface area contributed by atoms with Crippen LogP contribution in [0.1, 0.15) is 25.7 Å². The molecule has 14 nitrogen and oxygen atoms in total. The first-order valence-electron chi connectivity index (χ1n) is 11.8. The molecule has 0 aromatic rings. The second-order valence-corrected chi connectivity index (χ2v) is 13.8. The summed E-state index contributed by atoms with van der Waals surface area (Å²) in [5, 5.41) is 7.42. The fourth-order valence-electron chi connectivity index (χ4n) is 3.18. The minimum atomic E-state index is 0.545. The van der Waals surface area contributed by atoms with Gasteiger partial charge in [0.05, 0.1) is 48.2 Å². The van der Waals surface area contributed by atoms with E-state index in [1.165, 1.54) is 0 Å². The molecule has 0 atom stereocenters. The lowest BCUT2D eigenvalue weighted by atomic mass is 10.5. The van der Waals surface area contributed by atoms with E-state index in [1.807, 2.05) is 20.5 Å². The lowest BCUT2D eigenvalue weighted by molar-refractivity contribution is 0.216. The molecule has 38 heavy (non-hydrogen) atoms. The van der Waals surface area contributed by atoms with Gasteiger partial charge < -0.3 is 0 Å². The number of hydrazine groups is 8. The molecular formula is C16H32N12O2S8. The molecule has 4 aliphatic rings. The highest BCUT2D eigenvalue weighted by Crippen LogP contribution is 2.18. The Morgan fingerprint density at radius 3 is 0.895 bits per heavy atom. The summed E-state index contributed by atoms with van der Waals surface area (Å²) in [6.07, 6.45) is 4.42. The normalized spacial score (nSPS) is 20.6. The third-order valence-electron chi connectivity index (χ3n) is 4.79. The zero-order valence-electron chi connectivity index (χ0n) is 20.4. The van der Waals surface area contributed by atoms with E-state index in [0.29, 0.717) is 17.3 Å². The van der Waals surface area contributed by atoms with Crippen molar-refractivity contribution in [2.75, 3.05) is 52.4 Å². The second-order valence-electron chi connectivity index (χ2n) is 7.72. The van der Waals surface area contributed by atoms with Crippen LogP contribution in [-0.4, -0.2) is 90.1 Å². The Labute approximate surface area is 261 Å². The van der Waals surface area contributed by atoms with Gasteiger partial charge in [0.1, 0.15) is 0 Å². The van der Waals surface area contributed by atoms with Gasteiger partial charge in [-0.15, -0.1) is 0 Å². The second kappa shape index (κ2) is 19.6. The molecule has 8 N–H and O–H groups in total. The molecular weight excluding hydrogens is 649 g/mol. The van der Waals surface area contributed by atoms with Crippen LogP contribution in [0.15, 0.2) is 0 Å². The van der Waals surface area contributed by atoms with Crippen LogP contribution >= 0.6 is 97.0 Å². The van der Waals surface area contributed by atoms with Gasteiger partial charge in [-0.25, -0.2) is 29.0 Å². The number of hydrogen-bond acceptors (Lipinski definition) is 18. The summed E-state index contributed by atoms with van der Waals surface area (Å²) in [6, 6.07) is 0. The van der Waals surface area contributed by atoms with Gasteiger partial charge in [0, 0.05) is 52.4 Å². The Morgan fingerprint density at radius 2 is 0.711 bits per heavy atom. The molecule has 0 spiro atoms. The predicted molar refractivity (Wildman–Crippen MR) is 173 cm³/mol. The topological polar surface area (TPSA) is 128 Å². The predicted octanol–water partition coefficient (Wildman–Crippen LogP) is 0.598. The maximum Gasteiger partial charge on any atom is 0.178 e. The average molecular weight is 681 g/mol. The summed E-state index contributed by atoms with van der Waals surface area (Å²) in [4.78, 5) is 0. The quantitative estimate of drug-likeness (QED) is 0.135. The zero-order chi connectivity index (χ0) is 27.0. The summed E-state index contributed by atoms with van der Waals surface area (Å²) >= 11 is 24.9. The van der Waals surface area contributed by atoms with E-state index >= 15 is 0 Å². The SMILES string of the molecule is S=C(NN1CCCN1)SOSC(=S)NN1CCCN1.S=C(NN1CCCN1)SOSC(=S)NN1CCCN1. The molecule has 4 heterocycles. The Morgan fingerprint density at radius 1 is 0.474 bits per heavy atom. The van der Waals surface area contributed by atoms with Gasteiger partial charge in [-0.05, 0) is 74.6 Å². The molecule has 0 amide bonds. The number of nitrogens with one attached hydrogen (secondary N) is 8. The molecule has 0 aromatic heterocycles. The van der Waals surface area contributed by atoms with Gasteiger partial charge in [-0.2, -0.15) is 20.5 Å². The van der Waals surface area contributed by atoms with E-state index in [4.69, 9.17) is 56.1 Å². The van der Waals surface area contributed by atoms with Crippen LogP contribution in [-0.2, 0) is 7.26 Å². The van der Waals surface area contributed by atoms with Crippen molar-refractivity contribution in [2.24, 2.45) is 0 Å². The van der Waals surface area contributed by atoms with Gasteiger partial charge in [0.25, 0.3) is 0 Å². The van der Waals surface area contributed by atoms with Crippen molar-refractivity contribution >= 4 is 114 Å². The third-order valence-corrected chi connectivity index (χ3v) is 8.03. The number of rotatable bonds is 8. The van der Waals surface area contributed by atoms with Crippen LogP contribution in [0.25, 0.3) is 0 Å². The van der Waals surface area contributed by atoms with Gasteiger partial charge in [-0.1, -0.05) is 0 Å². The van der Waals surface area contributed by atoms with Crippen LogP contribution in [0.3, 0.4) is 0 Å². The van der Waals surface area contributed by atoms with Crippen molar-refractivity contribution in [3.05, 3.63) is 0 Å². The maximum absolute atomic E-state index is 5.29. The van der Waals surface area contributed by atoms with Gasteiger partial charge in [0.15, 0.2) is 17.3 Å². The van der Waals surface area contributed by atoms with Crippen molar-refractivity contribution in [3.8, 4) is 0 Å². The molecule has 0 aliphatic carbocycles. The molecule has 216 valence electrons. The molecule has 22 heteroatoms. The lowest BCUT2D eigenvalue weighted by Gasteiger charge is -2.18. The minimum Gasteiger partial charge on any atom is -0.289 e. The van der Waals surface area contributed by atoms with E-state index in [-0.39, 0.29) is 0 Å². The number of nitrogens with zero attached hydrogens (tertiary/aromatic N) is 4. The zero-order valence-corrected chi connectivity index (χ0v) is 26.9. The summed E-state index contributed by atoms with van der Waals surface area (Å²) in [5.41, 5.74) is 24.6. The van der Waals surface area contributed by atoms with Crippen LogP contribution in [0, 0.1) is 0 Å². The lowest BCUT2D eigenvalue weighted by Crippen LogP contribution is -2.45. The van der Waals surface area contributed by atoms with Gasteiger partial charge >= 0.3 is 0 Å². The summed E-state index contributed by atoms with van der Waals surface area (Å²) < 4.78 is 12.8. The highest BCUT2D eigenvalue weighted by atomic mass is 32.3. The van der Waals surface area contributed by atoms with E-state index in [9.17, 15) is 0 Å². The third kappa shape index (κ3) is 14.5. The van der Waals surface area contributed by atoms with Crippen molar-refractivity contribution in [3.63, 3.8) is 0 Å². The molecule has 0 radical (unpaired) electrons. The van der Waals surface area contributed by atoms with E-state index in [1.54, 1.807) is 0 Å². The molecule has 0 aromatic carbocycles. The van der Waals surface area contributed by atoms with Crippen LogP contribution in [0.4, 0.5) is 0 Å². The van der Waals surface area contributed by atoms with E-state index in [2.05, 4.69) is 43.4 Å². The molecule has 0 unspecified atom stereocenters. The highest BCUT2D eigenvalue weighted by molar-refractivity contribution is 8.30. The van der Waals surface area contributed by atoms with Crippen molar-refractivity contribution in [1.29, 1.82) is 0 Å². The summed E-state index contributed by atoms with van der Waals surface area (Å²) in [5.74, 6) is 0. The van der Waals surface area contributed by atoms with Crippen molar-refractivity contribution in [2.45, 2.75) is 25.7 Å². The van der Waals surface area contributed by atoms with E-state index < -0.39 is 0 Å². The monoisotopic (exact) mass is 680 g/mol. The van der Waals surface area contributed by atoms with Gasteiger partial charge in [0.2, 0.25) is 0 Å². The fourth-order valence-corrected chi connectivity index (χ4v) is 6.47. The Kier molecular flexibility index (Phi) is 17.1. The van der Waals surface area contributed by atoms with Crippen molar-refractivity contribution < 1.29 is 7.26 Å². The minimum absolute atomic E-state index is 0.545. The fraction of sp³-hybridized carbons (Fsp3) is 0.750. The summed E-state index contributed by atoms with van der Waals surface area (Å²) in [7, 11) is 0. The number of thiocarbonyl (C=S) groups is 4. The Balaban J connectivity index is 0.000000211. The van der Waals surface area contributed by atoms with Gasteiger partial charge in [-0.3, -0.25) is 21.7 Å². The average Bonchev–Trinajstić information content (AvgIpc) is 3.69. The number of hydrogen-bond donors (Lipinski definition) is 8. The van der Waals surface area contributed by atoms with Crippen molar-refractivity contribution in [1.82, 2.24) is 63.9 Å². The first-order chi connectivity index (χ1) is 18.5. The molecule has 4 rings (SSSR count). The first-order valence-corrected chi connectivity index (χ1v) is 16.4. The molecule has 0 bridgehead atoms. The Bertz CT molecular complexity index is 643. The highest BCUT2D eigenvalue weighted by Gasteiger charge is 2.16. The maximum atomic E-state index is 5.29. The van der Waals surface area contributed by atoms with E-state index in [0.717, 1.165) is 126 Å². The summed E-state index contributed by atoms with van der Waals surface area (Å²) in [6.45, 7) is 7.56. The smallest absolute Gasteiger partial charge is 0.178 e.